The van der Waals surface area contributed by atoms with Crippen molar-refractivity contribution in [2.24, 2.45) is 0 Å². The molecule has 0 aliphatic carbocycles. The first-order chi connectivity index (χ1) is 8.08. The maximum atomic E-state index is 11.9. The molecule has 2 rings (SSSR count). The van der Waals surface area contributed by atoms with E-state index in [0.29, 0.717) is 27.7 Å². The van der Waals surface area contributed by atoms with Crippen molar-refractivity contribution in [1.82, 2.24) is 5.16 Å². The molecule has 4 nitrogen and oxygen atoms in total. The number of carbonyl (C=O) groups excluding carboxylic acids is 1. The molecular formula is C12H11ClN2O2. The number of benzene rings is 1. The number of nitrogens with zero attached hydrogens (tertiary/aromatic N) is 1. The van der Waals surface area contributed by atoms with E-state index in [0.717, 1.165) is 0 Å². The first-order valence-electron chi connectivity index (χ1n) is 5.07. The monoisotopic (exact) mass is 250 g/mol. The Kier molecular flexibility index (Phi) is 3.15. The molecule has 1 aromatic carbocycles. The van der Waals surface area contributed by atoms with E-state index in [9.17, 15) is 4.79 Å². The summed E-state index contributed by atoms with van der Waals surface area (Å²) in [5.74, 6) is 0.376. The minimum absolute atomic E-state index is 0.212. The van der Waals surface area contributed by atoms with Gasteiger partial charge in [0.05, 0.1) is 0 Å². The Labute approximate surface area is 104 Å². The quantitative estimate of drug-likeness (QED) is 0.891. The Morgan fingerprint density at radius 3 is 2.47 bits per heavy atom. The number of anilines is 1. The third kappa shape index (κ3) is 2.47. The molecule has 1 heterocycles. The van der Waals surface area contributed by atoms with Crippen molar-refractivity contribution in [3.8, 4) is 0 Å². The molecule has 0 unspecified atom stereocenters. The molecule has 0 aliphatic heterocycles. The van der Waals surface area contributed by atoms with Crippen LogP contribution in [-0.2, 0) is 0 Å². The lowest BCUT2D eigenvalue weighted by molar-refractivity contribution is 0.102. The second-order valence-electron chi connectivity index (χ2n) is 3.66. The van der Waals surface area contributed by atoms with Gasteiger partial charge in [-0.05, 0) is 38.1 Å². The van der Waals surface area contributed by atoms with Crippen molar-refractivity contribution in [1.29, 1.82) is 0 Å². The maximum Gasteiger partial charge on any atom is 0.255 e. The molecule has 0 aliphatic rings. The topological polar surface area (TPSA) is 55.1 Å². The number of aromatic nitrogens is 1. The maximum absolute atomic E-state index is 11.9. The van der Waals surface area contributed by atoms with E-state index in [1.165, 1.54) is 0 Å². The summed E-state index contributed by atoms with van der Waals surface area (Å²) in [5, 5.41) is 7.12. The van der Waals surface area contributed by atoms with Crippen LogP contribution in [0.25, 0.3) is 0 Å². The van der Waals surface area contributed by atoms with Crippen LogP contribution >= 0.6 is 11.6 Å². The van der Waals surface area contributed by atoms with Crippen LogP contribution in [0, 0.1) is 13.8 Å². The zero-order valence-corrected chi connectivity index (χ0v) is 10.2. The van der Waals surface area contributed by atoms with Gasteiger partial charge in [0.1, 0.15) is 11.4 Å². The highest BCUT2D eigenvalue weighted by Crippen LogP contribution is 2.20. The van der Waals surface area contributed by atoms with Crippen LogP contribution in [-0.4, -0.2) is 11.1 Å². The second kappa shape index (κ2) is 4.59. The predicted molar refractivity (Wildman–Crippen MR) is 65.4 cm³/mol. The van der Waals surface area contributed by atoms with Gasteiger partial charge in [0.15, 0.2) is 5.76 Å². The summed E-state index contributed by atoms with van der Waals surface area (Å²) >= 11 is 5.75. The van der Waals surface area contributed by atoms with Crippen LogP contribution in [0.2, 0.25) is 5.02 Å². The molecule has 0 atom stereocenters. The third-order valence-electron chi connectivity index (χ3n) is 2.38. The van der Waals surface area contributed by atoms with Crippen LogP contribution in [0.15, 0.2) is 28.8 Å². The minimum Gasteiger partial charge on any atom is -0.359 e. The van der Waals surface area contributed by atoms with Gasteiger partial charge in [-0.1, -0.05) is 16.8 Å². The SMILES string of the molecule is Cc1noc(C)c1NC(=O)c1ccc(Cl)cc1. The molecule has 17 heavy (non-hydrogen) atoms. The zero-order chi connectivity index (χ0) is 12.4. The van der Waals surface area contributed by atoms with Crippen LogP contribution in [0.3, 0.4) is 0 Å². The number of hydrogen-bond acceptors (Lipinski definition) is 3. The van der Waals surface area contributed by atoms with Crippen LogP contribution < -0.4 is 5.32 Å². The summed E-state index contributed by atoms with van der Waals surface area (Å²) < 4.78 is 4.97. The molecule has 0 spiro atoms. The molecule has 5 heteroatoms. The van der Waals surface area contributed by atoms with Gasteiger partial charge in [0.25, 0.3) is 5.91 Å². The summed E-state index contributed by atoms with van der Waals surface area (Å²) in [4.78, 5) is 11.9. The Hall–Kier alpha value is -1.81. The van der Waals surface area contributed by atoms with E-state index < -0.39 is 0 Å². The normalized spacial score (nSPS) is 10.3. The van der Waals surface area contributed by atoms with Gasteiger partial charge < -0.3 is 9.84 Å². The van der Waals surface area contributed by atoms with Crippen molar-refractivity contribution in [3.63, 3.8) is 0 Å². The lowest BCUT2D eigenvalue weighted by atomic mass is 10.2. The highest BCUT2D eigenvalue weighted by Gasteiger charge is 2.13. The molecular weight excluding hydrogens is 240 g/mol. The predicted octanol–water partition coefficient (Wildman–Crippen LogP) is 3.20. The van der Waals surface area contributed by atoms with Gasteiger partial charge in [0, 0.05) is 10.6 Å². The van der Waals surface area contributed by atoms with Crippen molar-refractivity contribution in [2.75, 3.05) is 5.32 Å². The van der Waals surface area contributed by atoms with Gasteiger partial charge in [-0.15, -0.1) is 0 Å². The summed E-state index contributed by atoms with van der Waals surface area (Å²) in [7, 11) is 0. The number of aryl methyl sites for hydroxylation is 2. The highest BCUT2D eigenvalue weighted by atomic mass is 35.5. The fourth-order valence-electron chi connectivity index (χ4n) is 1.45. The van der Waals surface area contributed by atoms with Crippen LogP contribution in [0.5, 0.6) is 0 Å². The minimum atomic E-state index is -0.212. The van der Waals surface area contributed by atoms with Gasteiger partial charge in [-0.25, -0.2) is 0 Å². The molecule has 1 N–H and O–H groups in total. The molecule has 0 bridgehead atoms. The van der Waals surface area contributed by atoms with Crippen molar-refractivity contribution in [2.45, 2.75) is 13.8 Å². The van der Waals surface area contributed by atoms with Crippen LogP contribution in [0.4, 0.5) is 5.69 Å². The van der Waals surface area contributed by atoms with Crippen molar-refractivity contribution < 1.29 is 9.32 Å². The van der Waals surface area contributed by atoms with Crippen LogP contribution in [0.1, 0.15) is 21.8 Å². The standard InChI is InChI=1S/C12H11ClN2O2/c1-7-11(8(2)17-15-7)14-12(16)9-3-5-10(13)6-4-9/h3-6H,1-2H3,(H,14,16). The average Bonchev–Trinajstić information content (AvgIpc) is 2.61. The smallest absolute Gasteiger partial charge is 0.255 e. The lowest BCUT2D eigenvalue weighted by Gasteiger charge is -2.04. The summed E-state index contributed by atoms with van der Waals surface area (Å²) in [6, 6.07) is 6.67. The average molecular weight is 251 g/mol. The Balaban J connectivity index is 2.20. The van der Waals surface area contributed by atoms with Gasteiger partial charge >= 0.3 is 0 Å². The largest absolute Gasteiger partial charge is 0.359 e. The van der Waals surface area contributed by atoms with E-state index in [1.54, 1.807) is 38.1 Å². The fourth-order valence-corrected chi connectivity index (χ4v) is 1.57. The number of carbonyl (C=O) groups is 1. The second-order valence-corrected chi connectivity index (χ2v) is 4.10. The molecule has 1 amide bonds. The molecule has 0 saturated carbocycles. The Morgan fingerprint density at radius 1 is 1.29 bits per heavy atom. The number of nitrogens with one attached hydrogen (secondary N) is 1. The third-order valence-corrected chi connectivity index (χ3v) is 2.63. The number of amides is 1. The molecule has 88 valence electrons. The summed E-state index contributed by atoms with van der Waals surface area (Å²) in [6.07, 6.45) is 0. The van der Waals surface area contributed by atoms with E-state index in [4.69, 9.17) is 16.1 Å². The summed E-state index contributed by atoms with van der Waals surface area (Å²) in [6.45, 7) is 3.52. The van der Waals surface area contributed by atoms with Gasteiger partial charge in [0.2, 0.25) is 0 Å². The lowest BCUT2D eigenvalue weighted by Crippen LogP contribution is -2.12. The van der Waals surface area contributed by atoms with Crippen molar-refractivity contribution in [3.05, 3.63) is 46.3 Å². The van der Waals surface area contributed by atoms with E-state index in [-0.39, 0.29) is 5.91 Å². The molecule has 2 aromatic rings. The molecule has 0 radical (unpaired) electrons. The number of hydrogen-bond donors (Lipinski definition) is 1. The zero-order valence-electron chi connectivity index (χ0n) is 9.45. The first kappa shape index (κ1) is 11.7. The molecule has 0 saturated heterocycles. The summed E-state index contributed by atoms with van der Waals surface area (Å²) in [5.41, 5.74) is 1.81. The van der Waals surface area contributed by atoms with E-state index >= 15 is 0 Å². The Morgan fingerprint density at radius 2 is 1.94 bits per heavy atom. The first-order valence-corrected chi connectivity index (χ1v) is 5.45. The highest BCUT2D eigenvalue weighted by molar-refractivity contribution is 6.30. The van der Waals surface area contributed by atoms with E-state index in [2.05, 4.69) is 10.5 Å². The molecule has 1 aromatic heterocycles. The van der Waals surface area contributed by atoms with Crippen molar-refractivity contribution >= 4 is 23.2 Å². The van der Waals surface area contributed by atoms with Gasteiger partial charge in [-0.3, -0.25) is 4.79 Å². The fraction of sp³-hybridized carbons (Fsp3) is 0.167. The number of halogens is 1. The molecule has 0 fully saturated rings. The number of rotatable bonds is 2. The Bertz CT molecular complexity index is 527. The van der Waals surface area contributed by atoms with E-state index in [1.807, 2.05) is 0 Å². The van der Waals surface area contributed by atoms with Gasteiger partial charge in [-0.2, -0.15) is 0 Å².